The predicted octanol–water partition coefficient (Wildman–Crippen LogP) is 3.19. The number of rotatable bonds is 4. The van der Waals surface area contributed by atoms with Gasteiger partial charge in [0.1, 0.15) is 11.8 Å². The maximum Gasteiger partial charge on any atom is 0.225 e. The zero-order valence-electron chi connectivity index (χ0n) is 14.5. The quantitative estimate of drug-likeness (QED) is 0.696. The molecule has 0 unspecified atom stereocenters. The highest BCUT2D eigenvalue weighted by molar-refractivity contribution is 6.42. The SMILES string of the molecule is O=C(NCc1ccc(Cl)c(Cl)c1)[C@H]1CCCN(c2ncnc3nc[nH]c23)C1. The first-order valence-electron chi connectivity index (χ1n) is 8.72. The van der Waals surface area contributed by atoms with Gasteiger partial charge in [-0.15, -0.1) is 0 Å². The van der Waals surface area contributed by atoms with Gasteiger partial charge in [-0.25, -0.2) is 15.0 Å². The van der Waals surface area contributed by atoms with Gasteiger partial charge in [-0.3, -0.25) is 4.79 Å². The minimum atomic E-state index is -0.102. The van der Waals surface area contributed by atoms with E-state index in [2.05, 4.69) is 30.2 Å². The van der Waals surface area contributed by atoms with Crippen LogP contribution in [0, 0.1) is 5.92 Å². The molecule has 2 N–H and O–H groups in total. The molecule has 1 aliphatic rings. The summed E-state index contributed by atoms with van der Waals surface area (Å²) in [5.74, 6) is 0.717. The number of hydrogen-bond donors (Lipinski definition) is 2. The number of imidazole rings is 1. The van der Waals surface area contributed by atoms with Crippen LogP contribution in [0.3, 0.4) is 0 Å². The van der Waals surface area contributed by atoms with Gasteiger partial charge in [0, 0.05) is 19.6 Å². The third-order valence-corrected chi connectivity index (χ3v) is 5.48. The van der Waals surface area contributed by atoms with E-state index < -0.39 is 0 Å². The summed E-state index contributed by atoms with van der Waals surface area (Å²) in [5.41, 5.74) is 2.35. The van der Waals surface area contributed by atoms with Gasteiger partial charge < -0.3 is 15.2 Å². The van der Waals surface area contributed by atoms with Crippen molar-refractivity contribution in [2.75, 3.05) is 18.0 Å². The number of anilines is 1. The summed E-state index contributed by atoms with van der Waals surface area (Å²) >= 11 is 12.0. The zero-order chi connectivity index (χ0) is 18.8. The fourth-order valence-corrected chi connectivity index (χ4v) is 3.68. The second-order valence-corrected chi connectivity index (χ2v) is 7.36. The first kappa shape index (κ1) is 18.0. The third-order valence-electron chi connectivity index (χ3n) is 4.75. The van der Waals surface area contributed by atoms with Crippen LogP contribution in [-0.2, 0) is 11.3 Å². The Hall–Kier alpha value is -2.38. The number of carbonyl (C=O) groups is 1. The predicted molar refractivity (Wildman–Crippen MR) is 105 cm³/mol. The van der Waals surface area contributed by atoms with E-state index in [1.165, 1.54) is 6.33 Å². The minimum absolute atomic E-state index is 0.0284. The van der Waals surface area contributed by atoms with Gasteiger partial charge in [0.15, 0.2) is 11.5 Å². The molecule has 2 aromatic heterocycles. The van der Waals surface area contributed by atoms with E-state index in [0.717, 1.165) is 36.3 Å². The van der Waals surface area contributed by atoms with Crippen LogP contribution < -0.4 is 10.2 Å². The largest absolute Gasteiger partial charge is 0.354 e. The second-order valence-electron chi connectivity index (χ2n) is 6.55. The van der Waals surface area contributed by atoms with Crippen molar-refractivity contribution >= 4 is 46.1 Å². The van der Waals surface area contributed by atoms with Crippen LogP contribution >= 0.6 is 23.2 Å². The number of piperidine rings is 1. The van der Waals surface area contributed by atoms with Crippen molar-refractivity contribution in [2.24, 2.45) is 5.92 Å². The number of H-pyrrole nitrogens is 1. The molecule has 1 saturated heterocycles. The molecule has 3 heterocycles. The van der Waals surface area contributed by atoms with Crippen molar-refractivity contribution in [3.05, 3.63) is 46.5 Å². The molecule has 27 heavy (non-hydrogen) atoms. The number of carbonyl (C=O) groups excluding carboxylic acids is 1. The first-order chi connectivity index (χ1) is 13.1. The van der Waals surface area contributed by atoms with Crippen LogP contribution in [0.4, 0.5) is 5.82 Å². The maximum absolute atomic E-state index is 12.7. The number of nitrogens with one attached hydrogen (secondary N) is 2. The number of nitrogens with zero attached hydrogens (tertiary/aromatic N) is 4. The molecule has 0 spiro atoms. The number of fused-ring (bicyclic) bond motifs is 1. The lowest BCUT2D eigenvalue weighted by Gasteiger charge is -2.32. The molecule has 0 saturated carbocycles. The average Bonchev–Trinajstić information content (AvgIpc) is 3.17. The Kier molecular flexibility index (Phi) is 5.13. The second kappa shape index (κ2) is 7.70. The highest BCUT2D eigenvalue weighted by Gasteiger charge is 2.27. The lowest BCUT2D eigenvalue weighted by Crippen LogP contribution is -2.43. The number of halogens is 2. The molecule has 1 fully saturated rings. The average molecular weight is 405 g/mol. The minimum Gasteiger partial charge on any atom is -0.354 e. The zero-order valence-corrected chi connectivity index (χ0v) is 16.0. The summed E-state index contributed by atoms with van der Waals surface area (Å²) in [5, 5.41) is 3.99. The summed E-state index contributed by atoms with van der Waals surface area (Å²) < 4.78 is 0. The molecule has 1 aliphatic heterocycles. The van der Waals surface area contributed by atoms with E-state index in [1.807, 2.05) is 6.07 Å². The van der Waals surface area contributed by atoms with Crippen LogP contribution in [0.25, 0.3) is 11.2 Å². The number of hydrogen-bond acceptors (Lipinski definition) is 5. The van der Waals surface area contributed by atoms with Gasteiger partial charge in [-0.05, 0) is 30.5 Å². The van der Waals surface area contributed by atoms with E-state index in [1.54, 1.807) is 18.5 Å². The van der Waals surface area contributed by atoms with Crippen LogP contribution in [0.1, 0.15) is 18.4 Å². The Morgan fingerprint density at radius 1 is 1.26 bits per heavy atom. The van der Waals surface area contributed by atoms with Crippen molar-refractivity contribution in [1.29, 1.82) is 0 Å². The Balaban J connectivity index is 1.42. The first-order valence-corrected chi connectivity index (χ1v) is 9.48. The van der Waals surface area contributed by atoms with Crippen LogP contribution in [0.15, 0.2) is 30.9 Å². The molecule has 1 atom stereocenters. The van der Waals surface area contributed by atoms with E-state index in [0.29, 0.717) is 28.8 Å². The molecular weight excluding hydrogens is 387 g/mol. The number of aromatic amines is 1. The van der Waals surface area contributed by atoms with Crippen LogP contribution in [-0.4, -0.2) is 38.9 Å². The van der Waals surface area contributed by atoms with E-state index in [-0.39, 0.29) is 11.8 Å². The topological polar surface area (TPSA) is 86.8 Å². The van der Waals surface area contributed by atoms with Crippen molar-refractivity contribution in [1.82, 2.24) is 25.3 Å². The van der Waals surface area contributed by atoms with Gasteiger partial charge in [0.25, 0.3) is 0 Å². The smallest absolute Gasteiger partial charge is 0.225 e. The van der Waals surface area contributed by atoms with Gasteiger partial charge in [-0.2, -0.15) is 0 Å². The Bertz CT molecular complexity index is 975. The van der Waals surface area contributed by atoms with Crippen LogP contribution in [0.5, 0.6) is 0 Å². The summed E-state index contributed by atoms with van der Waals surface area (Å²) in [7, 11) is 0. The molecule has 140 valence electrons. The standard InChI is InChI=1S/C18H18Cl2N6O/c19-13-4-3-11(6-14(13)20)7-21-18(27)12-2-1-5-26(8-12)17-15-16(23-9-22-15)24-10-25-17/h3-4,6,9-10,12H,1-2,5,7-8H2,(H,21,27)(H,22,23,24,25)/t12-/m0/s1. The summed E-state index contributed by atoms with van der Waals surface area (Å²) in [6.07, 6.45) is 4.88. The van der Waals surface area contributed by atoms with E-state index >= 15 is 0 Å². The Morgan fingerprint density at radius 3 is 3.00 bits per heavy atom. The molecule has 9 heteroatoms. The van der Waals surface area contributed by atoms with Crippen molar-refractivity contribution in [3.8, 4) is 0 Å². The Morgan fingerprint density at radius 2 is 2.15 bits per heavy atom. The molecule has 4 rings (SSSR count). The number of benzene rings is 1. The maximum atomic E-state index is 12.7. The van der Waals surface area contributed by atoms with Crippen molar-refractivity contribution in [2.45, 2.75) is 19.4 Å². The van der Waals surface area contributed by atoms with E-state index in [9.17, 15) is 4.79 Å². The molecule has 3 aromatic rings. The van der Waals surface area contributed by atoms with Crippen molar-refractivity contribution in [3.63, 3.8) is 0 Å². The molecule has 0 radical (unpaired) electrons. The fraction of sp³-hybridized carbons (Fsp3) is 0.333. The molecule has 1 amide bonds. The number of aromatic nitrogens is 4. The van der Waals surface area contributed by atoms with Gasteiger partial charge in [0.2, 0.25) is 5.91 Å². The van der Waals surface area contributed by atoms with Gasteiger partial charge >= 0.3 is 0 Å². The molecule has 1 aromatic carbocycles. The Labute approximate surface area is 166 Å². The van der Waals surface area contributed by atoms with Crippen molar-refractivity contribution < 1.29 is 4.79 Å². The van der Waals surface area contributed by atoms with Crippen LogP contribution in [0.2, 0.25) is 10.0 Å². The summed E-state index contributed by atoms with van der Waals surface area (Å²) in [6.45, 7) is 1.88. The molecule has 0 bridgehead atoms. The van der Waals surface area contributed by atoms with E-state index in [4.69, 9.17) is 23.2 Å². The molecular formula is C18H18Cl2N6O. The summed E-state index contributed by atoms with van der Waals surface area (Å²) in [6, 6.07) is 5.36. The molecule has 0 aliphatic carbocycles. The lowest BCUT2D eigenvalue weighted by molar-refractivity contribution is -0.125. The van der Waals surface area contributed by atoms with Gasteiger partial charge in [0.05, 0.1) is 22.3 Å². The lowest BCUT2D eigenvalue weighted by atomic mass is 9.97. The fourth-order valence-electron chi connectivity index (χ4n) is 3.36. The third kappa shape index (κ3) is 3.84. The number of amides is 1. The normalized spacial score (nSPS) is 17.3. The monoisotopic (exact) mass is 404 g/mol. The van der Waals surface area contributed by atoms with Gasteiger partial charge in [-0.1, -0.05) is 29.3 Å². The molecule has 7 nitrogen and oxygen atoms in total. The summed E-state index contributed by atoms with van der Waals surface area (Å²) in [4.78, 5) is 30.6. The highest BCUT2D eigenvalue weighted by Crippen LogP contribution is 2.26. The highest BCUT2D eigenvalue weighted by atomic mass is 35.5.